The molecule has 0 saturated heterocycles. The molecule has 2 heterocycles. The number of hydrogen-bond acceptors (Lipinski definition) is 6. The summed E-state index contributed by atoms with van der Waals surface area (Å²) in [4.78, 5) is 15.9. The van der Waals surface area contributed by atoms with E-state index in [2.05, 4.69) is 25.9 Å². The Kier molecular flexibility index (Phi) is 5.53. The summed E-state index contributed by atoms with van der Waals surface area (Å²) < 4.78 is 0. The molecule has 0 bridgehead atoms. The van der Waals surface area contributed by atoms with Crippen molar-refractivity contribution in [1.29, 1.82) is 0 Å². The number of aromatic nitrogens is 4. The predicted octanol–water partition coefficient (Wildman–Crippen LogP) is 3.52. The molecular weight excluding hydrogens is 384 g/mol. The summed E-state index contributed by atoms with van der Waals surface area (Å²) in [5, 5.41) is 16.6. The number of tetrazole rings is 1. The van der Waals surface area contributed by atoms with Crippen LogP contribution in [0.25, 0.3) is 11.4 Å². The molecule has 0 unspecified atom stereocenters. The van der Waals surface area contributed by atoms with Crippen LogP contribution in [0.15, 0.2) is 71.8 Å². The van der Waals surface area contributed by atoms with Crippen LogP contribution >= 0.6 is 11.3 Å². The largest absolute Gasteiger partial charge is 0.271 e. The number of carbonyl (C=O) groups excluding carboxylic acids is 1. The highest BCUT2D eigenvalue weighted by atomic mass is 32.1. The van der Waals surface area contributed by atoms with Crippen LogP contribution in [-0.2, 0) is 6.54 Å². The van der Waals surface area contributed by atoms with E-state index in [-0.39, 0.29) is 5.91 Å². The fraction of sp³-hybridized carbons (Fsp3) is 0.0952. The quantitative estimate of drug-likeness (QED) is 0.395. The summed E-state index contributed by atoms with van der Waals surface area (Å²) in [5.41, 5.74) is 4.97. The molecule has 2 aromatic carbocycles. The van der Waals surface area contributed by atoms with Crippen LogP contribution in [0.3, 0.4) is 0 Å². The third-order valence-electron chi connectivity index (χ3n) is 4.14. The van der Waals surface area contributed by atoms with E-state index in [9.17, 15) is 4.79 Å². The zero-order valence-electron chi connectivity index (χ0n) is 15.7. The lowest BCUT2D eigenvalue weighted by molar-refractivity contribution is 0.0955. The van der Waals surface area contributed by atoms with E-state index in [1.807, 2.05) is 61.5 Å². The maximum atomic E-state index is 12.2. The van der Waals surface area contributed by atoms with Crippen LogP contribution in [0.1, 0.15) is 25.7 Å². The molecule has 4 aromatic rings. The van der Waals surface area contributed by atoms with Crippen molar-refractivity contribution in [3.8, 4) is 11.4 Å². The van der Waals surface area contributed by atoms with Crippen LogP contribution in [0.4, 0.5) is 0 Å². The predicted molar refractivity (Wildman–Crippen MR) is 113 cm³/mol. The standard InChI is InChI=1S/C21H18N6OS/c1-15-7-12-19(29-15)13-22-24-21(28)18-10-8-16(9-11-18)14-27-25-20(23-26-27)17-5-3-2-4-6-17/h2-13H,14H2,1H3,(H,24,28). The van der Waals surface area contributed by atoms with Gasteiger partial charge < -0.3 is 0 Å². The van der Waals surface area contributed by atoms with Crippen molar-refractivity contribution >= 4 is 23.5 Å². The highest BCUT2D eigenvalue weighted by molar-refractivity contribution is 7.13. The molecule has 1 amide bonds. The summed E-state index contributed by atoms with van der Waals surface area (Å²) in [6.45, 7) is 2.50. The van der Waals surface area contributed by atoms with Gasteiger partial charge in [0.2, 0.25) is 5.82 Å². The molecular formula is C21H18N6OS. The Bertz CT molecular complexity index is 1130. The van der Waals surface area contributed by atoms with Gasteiger partial charge in [0.25, 0.3) is 5.91 Å². The summed E-state index contributed by atoms with van der Waals surface area (Å²) in [7, 11) is 0. The SMILES string of the molecule is Cc1ccc(C=NNC(=O)c2ccc(Cn3nnc(-c4ccccc4)n3)cc2)s1. The van der Waals surface area contributed by atoms with Crippen LogP contribution in [0, 0.1) is 6.92 Å². The minimum absolute atomic E-state index is 0.258. The molecule has 4 rings (SSSR count). The number of benzene rings is 2. The van der Waals surface area contributed by atoms with Crippen molar-refractivity contribution in [3.05, 3.63) is 87.6 Å². The van der Waals surface area contributed by atoms with Crippen LogP contribution in [-0.4, -0.2) is 32.3 Å². The van der Waals surface area contributed by atoms with Crippen molar-refractivity contribution in [1.82, 2.24) is 25.6 Å². The lowest BCUT2D eigenvalue weighted by Crippen LogP contribution is -2.17. The van der Waals surface area contributed by atoms with Crippen LogP contribution < -0.4 is 5.43 Å². The summed E-state index contributed by atoms with van der Waals surface area (Å²) in [6.07, 6.45) is 1.64. The number of carbonyl (C=O) groups is 1. The number of thiophene rings is 1. The molecule has 0 saturated carbocycles. The zero-order valence-corrected chi connectivity index (χ0v) is 16.5. The molecule has 8 heteroatoms. The van der Waals surface area contributed by atoms with Crippen molar-refractivity contribution in [2.24, 2.45) is 5.10 Å². The Morgan fingerprint density at radius 3 is 2.62 bits per heavy atom. The van der Waals surface area contributed by atoms with Gasteiger partial charge in [-0.1, -0.05) is 42.5 Å². The first-order valence-electron chi connectivity index (χ1n) is 8.99. The highest BCUT2D eigenvalue weighted by Crippen LogP contribution is 2.13. The Hall–Kier alpha value is -3.65. The number of nitrogens with zero attached hydrogens (tertiary/aromatic N) is 5. The fourth-order valence-corrected chi connectivity index (χ4v) is 3.43. The van der Waals surface area contributed by atoms with E-state index in [1.165, 1.54) is 9.67 Å². The molecule has 0 fully saturated rings. The summed E-state index contributed by atoms with van der Waals surface area (Å²) >= 11 is 1.62. The van der Waals surface area contributed by atoms with Gasteiger partial charge in [-0.3, -0.25) is 4.79 Å². The Morgan fingerprint density at radius 2 is 1.90 bits per heavy atom. The molecule has 0 radical (unpaired) electrons. The van der Waals surface area contributed by atoms with Crippen LogP contribution in [0.5, 0.6) is 0 Å². The number of hydrazone groups is 1. The van der Waals surface area contributed by atoms with Gasteiger partial charge in [-0.2, -0.15) is 9.90 Å². The molecule has 0 aliphatic carbocycles. The molecule has 7 nitrogen and oxygen atoms in total. The molecule has 29 heavy (non-hydrogen) atoms. The summed E-state index contributed by atoms with van der Waals surface area (Å²) in [5.74, 6) is 0.326. The van der Waals surface area contributed by atoms with Gasteiger partial charge in [-0.15, -0.1) is 21.5 Å². The third-order valence-corrected chi connectivity index (χ3v) is 5.08. The average molecular weight is 402 g/mol. The van der Waals surface area contributed by atoms with E-state index in [1.54, 1.807) is 29.7 Å². The Labute approximate surface area is 171 Å². The first-order chi connectivity index (χ1) is 14.2. The fourth-order valence-electron chi connectivity index (χ4n) is 2.68. The molecule has 0 atom stereocenters. The third kappa shape index (κ3) is 4.80. The number of amides is 1. The highest BCUT2D eigenvalue weighted by Gasteiger charge is 2.07. The molecule has 144 valence electrons. The van der Waals surface area contributed by atoms with Gasteiger partial charge in [-0.05, 0) is 42.0 Å². The van der Waals surface area contributed by atoms with Gasteiger partial charge in [-0.25, -0.2) is 5.43 Å². The Morgan fingerprint density at radius 1 is 1.10 bits per heavy atom. The second-order valence-electron chi connectivity index (χ2n) is 6.35. The smallest absolute Gasteiger partial charge is 0.267 e. The molecule has 1 N–H and O–H groups in total. The van der Waals surface area contributed by atoms with Gasteiger partial charge in [0.15, 0.2) is 0 Å². The second-order valence-corrected chi connectivity index (χ2v) is 7.67. The first kappa shape index (κ1) is 18.7. The van der Waals surface area contributed by atoms with Crippen molar-refractivity contribution in [2.45, 2.75) is 13.5 Å². The maximum absolute atomic E-state index is 12.2. The Balaban J connectivity index is 1.36. The van der Waals surface area contributed by atoms with Crippen molar-refractivity contribution in [3.63, 3.8) is 0 Å². The van der Waals surface area contributed by atoms with Crippen LogP contribution in [0.2, 0.25) is 0 Å². The van der Waals surface area contributed by atoms with E-state index in [0.29, 0.717) is 17.9 Å². The van der Waals surface area contributed by atoms with Crippen molar-refractivity contribution < 1.29 is 4.79 Å². The number of aryl methyl sites for hydroxylation is 1. The average Bonchev–Trinajstić information content (AvgIpc) is 3.38. The molecule has 0 spiro atoms. The van der Waals surface area contributed by atoms with E-state index in [4.69, 9.17) is 0 Å². The van der Waals surface area contributed by atoms with Gasteiger partial charge in [0.1, 0.15) is 0 Å². The first-order valence-corrected chi connectivity index (χ1v) is 9.81. The molecule has 0 aliphatic heterocycles. The van der Waals surface area contributed by atoms with Gasteiger partial charge in [0.05, 0.1) is 12.8 Å². The number of rotatable bonds is 6. The maximum Gasteiger partial charge on any atom is 0.271 e. The normalized spacial score (nSPS) is 11.1. The lowest BCUT2D eigenvalue weighted by Gasteiger charge is -2.03. The van der Waals surface area contributed by atoms with E-state index >= 15 is 0 Å². The monoisotopic (exact) mass is 402 g/mol. The number of hydrogen-bond donors (Lipinski definition) is 1. The number of nitrogens with one attached hydrogen (secondary N) is 1. The van der Waals surface area contributed by atoms with Crippen molar-refractivity contribution in [2.75, 3.05) is 0 Å². The summed E-state index contributed by atoms with van der Waals surface area (Å²) in [6, 6.07) is 20.9. The second kappa shape index (κ2) is 8.57. The molecule has 2 aromatic heterocycles. The lowest BCUT2D eigenvalue weighted by atomic mass is 10.1. The molecule has 0 aliphatic rings. The topological polar surface area (TPSA) is 85.1 Å². The van der Waals surface area contributed by atoms with E-state index in [0.717, 1.165) is 16.0 Å². The van der Waals surface area contributed by atoms with Gasteiger partial charge in [0, 0.05) is 20.9 Å². The van der Waals surface area contributed by atoms with E-state index < -0.39 is 0 Å². The van der Waals surface area contributed by atoms with Gasteiger partial charge >= 0.3 is 0 Å². The minimum atomic E-state index is -0.258. The zero-order chi connectivity index (χ0) is 20.1. The minimum Gasteiger partial charge on any atom is -0.267 e.